The molecule has 3 rings (SSSR count). The second kappa shape index (κ2) is 3.27. The highest BCUT2D eigenvalue weighted by atomic mass is 15.2. The molecule has 0 spiro atoms. The van der Waals surface area contributed by atoms with Crippen molar-refractivity contribution in [1.82, 2.24) is 4.90 Å². The lowest BCUT2D eigenvalue weighted by atomic mass is 9.79. The Morgan fingerprint density at radius 3 is 1.00 bits per heavy atom. The van der Waals surface area contributed by atoms with Gasteiger partial charge in [-0.2, -0.15) is 0 Å². The zero-order valence-corrected chi connectivity index (χ0v) is 8.54. The molecule has 0 aliphatic heterocycles. The first-order valence-corrected chi connectivity index (χ1v) is 6.22. The van der Waals surface area contributed by atoms with Crippen LogP contribution in [0.15, 0.2) is 0 Å². The van der Waals surface area contributed by atoms with Crippen LogP contribution in [0.4, 0.5) is 0 Å². The first-order chi connectivity index (χ1) is 6.45. The van der Waals surface area contributed by atoms with Gasteiger partial charge in [0.05, 0.1) is 0 Å². The van der Waals surface area contributed by atoms with Crippen molar-refractivity contribution in [2.45, 2.75) is 75.9 Å². The van der Waals surface area contributed by atoms with E-state index in [1.54, 1.807) is 0 Å². The van der Waals surface area contributed by atoms with Gasteiger partial charge in [0, 0.05) is 18.1 Å². The molecule has 0 aromatic rings. The van der Waals surface area contributed by atoms with Crippen molar-refractivity contribution < 1.29 is 0 Å². The summed E-state index contributed by atoms with van der Waals surface area (Å²) in [5, 5.41) is 0. The van der Waals surface area contributed by atoms with Crippen LogP contribution in [0.2, 0.25) is 0 Å². The van der Waals surface area contributed by atoms with Crippen molar-refractivity contribution in [3.63, 3.8) is 0 Å². The smallest absolute Gasteiger partial charge is 0.0101 e. The molecule has 3 saturated carbocycles. The van der Waals surface area contributed by atoms with Gasteiger partial charge < -0.3 is 0 Å². The van der Waals surface area contributed by atoms with E-state index in [2.05, 4.69) is 4.90 Å². The highest BCUT2D eigenvalue weighted by Crippen LogP contribution is 2.40. The molecular formula is C12H21N. The number of hydrogen-bond donors (Lipinski definition) is 0. The van der Waals surface area contributed by atoms with E-state index in [9.17, 15) is 0 Å². The number of hydrogen-bond acceptors (Lipinski definition) is 1. The third-order valence-corrected chi connectivity index (χ3v) is 4.49. The lowest BCUT2D eigenvalue weighted by Crippen LogP contribution is -2.56. The van der Waals surface area contributed by atoms with Gasteiger partial charge in [-0.3, -0.25) is 4.90 Å². The summed E-state index contributed by atoms with van der Waals surface area (Å²) in [6, 6.07) is 3.03. The van der Waals surface area contributed by atoms with Crippen LogP contribution in [-0.4, -0.2) is 23.0 Å². The minimum atomic E-state index is 1.01. The summed E-state index contributed by atoms with van der Waals surface area (Å²) in [5.41, 5.74) is 0. The molecule has 13 heavy (non-hydrogen) atoms. The second-order valence-electron chi connectivity index (χ2n) is 5.20. The van der Waals surface area contributed by atoms with Crippen LogP contribution in [0.5, 0.6) is 0 Å². The number of nitrogens with zero attached hydrogens (tertiary/aromatic N) is 1. The van der Waals surface area contributed by atoms with E-state index in [-0.39, 0.29) is 0 Å². The van der Waals surface area contributed by atoms with E-state index in [0.29, 0.717) is 0 Å². The Kier molecular flexibility index (Phi) is 2.08. The molecule has 0 amide bonds. The van der Waals surface area contributed by atoms with Gasteiger partial charge in [-0.25, -0.2) is 0 Å². The summed E-state index contributed by atoms with van der Waals surface area (Å²) in [7, 11) is 0. The molecule has 0 aromatic heterocycles. The average molecular weight is 179 g/mol. The minimum Gasteiger partial charge on any atom is -0.294 e. The van der Waals surface area contributed by atoms with Crippen molar-refractivity contribution in [1.29, 1.82) is 0 Å². The Morgan fingerprint density at radius 1 is 0.538 bits per heavy atom. The predicted octanol–water partition coefficient (Wildman–Crippen LogP) is 2.95. The Labute approximate surface area is 81.5 Å². The standard InChI is InChI=1S/C12H21N/c1-4-10(5-1)13(11-6-2-7-11)12-8-3-9-12/h10-12H,1-9H2. The lowest BCUT2D eigenvalue weighted by Gasteiger charge is -2.52. The van der Waals surface area contributed by atoms with E-state index in [0.717, 1.165) is 18.1 Å². The third kappa shape index (κ3) is 1.32. The molecule has 0 bridgehead atoms. The molecule has 0 radical (unpaired) electrons. The van der Waals surface area contributed by atoms with Crippen LogP contribution in [0, 0.1) is 0 Å². The fraction of sp³-hybridized carbons (Fsp3) is 1.00. The normalized spacial score (nSPS) is 31.2. The summed E-state index contributed by atoms with van der Waals surface area (Å²) < 4.78 is 0. The molecular weight excluding hydrogens is 158 g/mol. The molecule has 0 unspecified atom stereocenters. The Balaban J connectivity index is 1.64. The van der Waals surface area contributed by atoms with Crippen LogP contribution in [-0.2, 0) is 0 Å². The minimum absolute atomic E-state index is 1.01. The summed E-state index contributed by atoms with van der Waals surface area (Å²) in [5.74, 6) is 0. The summed E-state index contributed by atoms with van der Waals surface area (Å²) >= 11 is 0. The van der Waals surface area contributed by atoms with Gasteiger partial charge in [0.25, 0.3) is 0 Å². The predicted molar refractivity (Wildman–Crippen MR) is 54.8 cm³/mol. The molecule has 1 nitrogen and oxygen atoms in total. The van der Waals surface area contributed by atoms with Gasteiger partial charge in [-0.1, -0.05) is 19.3 Å². The molecule has 0 aromatic carbocycles. The van der Waals surface area contributed by atoms with Crippen molar-refractivity contribution in [2.75, 3.05) is 0 Å². The first-order valence-electron chi connectivity index (χ1n) is 6.22. The maximum Gasteiger partial charge on any atom is 0.0101 e. The lowest BCUT2D eigenvalue weighted by molar-refractivity contribution is -0.0253. The highest BCUT2D eigenvalue weighted by Gasteiger charge is 2.39. The Hall–Kier alpha value is -0.0400. The van der Waals surface area contributed by atoms with E-state index in [1.807, 2.05) is 0 Å². The summed E-state index contributed by atoms with van der Waals surface area (Å²) in [6.45, 7) is 0. The van der Waals surface area contributed by atoms with Gasteiger partial charge in [-0.05, 0) is 38.5 Å². The maximum absolute atomic E-state index is 2.93. The first kappa shape index (κ1) is 8.28. The Morgan fingerprint density at radius 2 is 0.846 bits per heavy atom. The Bertz CT molecular complexity index is 144. The molecule has 0 atom stereocenters. The van der Waals surface area contributed by atoms with E-state index >= 15 is 0 Å². The van der Waals surface area contributed by atoms with Crippen LogP contribution < -0.4 is 0 Å². The molecule has 0 heterocycles. The molecule has 0 saturated heterocycles. The van der Waals surface area contributed by atoms with E-state index in [1.165, 1.54) is 57.8 Å². The number of rotatable bonds is 3. The van der Waals surface area contributed by atoms with Gasteiger partial charge in [0.15, 0.2) is 0 Å². The SMILES string of the molecule is C1CC(N(C2CCC2)C2CCC2)C1. The van der Waals surface area contributed by atoms with Crippen molar-refractivity contribution in [3.05, 3.63) is 0 Å². The van der Waals surface area contributed by atoms with Crippen LogP contribution in [0.25, 0.3) is 0 Å². The van der Waals surface area contributed by atoms with Crippen molar-refractivity contribution in [2.24, 2.45) is 0 Å². The van der Waals surface area contributed by atoms with Gasteiger partial charge >= 0.3 is 0 Å². The quantitative estimate of drug-likeness (QED) is 0.644. The van der Waals surface area contributed by atoms with Crippen LogP contribution in [0.3, 0.4) is 0 Å². The van der Waals surface area contributed by atoms with E-state index in [4.69, 9.17) is 0 Å². The topological polar surface area (TPSA) is 3.24 Å². The largest absolute Gasteiger partial charge is 0.294 e. The fourth-order valence-electron chi connectivity index (χ4n) is 2.95. The maximum atomic E-state index is 2.93. The van der Waals surface area contributed by atoms with Crippen molar-refractivity contribution in [3.8, 4) is 0 Å². The summed E-state index contributed by atoms with van der Waals surface area (Å²) in [6.07, 6.45) is 13.5. The van der Waals surface area contributed by atoms with Crippen LogP contribution in [0.1, 0.15) is 57.8 Å². The fourth-order valence-corrected chi connectivity index (χ4v) is 2.95. The third-order valence-electron chi connectivity index (χ3n) is 4.49. The summed E-state index contributed by atoms with van der Waals surface area (Å²) in [4.78, 5) is 2.93. The van der Waals surface area contributed by atoms with Gasteiger partial charge in [-0.15, -0.1) is 0 Å². The molecule has 3 fully saturated rings. The van der Waals surface area contributed by atoms with Crippen molar-refractivity contribution >= 4 is 0 Å². The van der Waals surface area contributed by atoms with Gasteiger partial charge in [0.1, 0.15) is 0 Å². The van der Waals surface area contributed by atoms with Crippen LogP contribution >= 0.6 is 0 Å². The zero-order valence-electron chi connectivity index (χ0n) is 8.54. The molecule has 0 N–H and O–H groups in total. The zero-order chi connectivity index (χ0) is 8.67. The molecule has 74 valence electrons. The molecule has 3 aliphatic rings. The molecule has 3 aliphatic carbocycles. The van der Waals surface area contributed by atoms with E-state index < -0.39 is 0 Å². The molecule has 1 heteroatoms. The van der Waals surface area contributed by atoms with Gasteiger partial charge in [0.2, 0.25) is 0 Å². The second-order valence-corrected chi connectivity index (χ2v) is 5.20. The monoisotopic (exact) mass is 179 g/mol. The average Bonchev–Trinajstić information content (AvgIpc) is 1.73. The highest BCUT2D eigenvalue weighted by molar-refractivity contribution is 4.95.